The van der Waals surface area contributed by atoms with E-state index in [1.54, 1.807) is 36.2 Å². The highest BCUT2D eigenvalue weighted by Gasteiger charge is 2.22. The van der Waals surface area contributed by atoms with Crippen molar-refractivity contribution in [3.63, 3.8) is 0 Å². The molecule has 0 aliphatic carbocycles. The summed E-state index contributed by atoms with van der Waals surface area (Å²) in [5.41, 5.74) is 3.03. The number of aromatic nitrogens is 1. The molecule has 3 rings (SSSR count). The number of hydrogen-bond acceptors (Lipinski definition) is 3. The van der Waals surface area contributed by atoms with Gasteiger partial charge in [-0.3, -0.25) is 14.6 Å². The van der Waals surface area contributed by atoms with Crippen molar-refractivity contribution < 1.29 is 9.59 Å². The number of nitrogens with zero attached hydrogens (tertiary/aromatic N) is 2. The summed E-state index contributed by atoms with van der Waals surface area (Å²) in [6, 6.07) is 10.8. The molecule has 0 saturated heterocycles. The van der Waals surface area contributed by atoms with Crippen LogP contribution in [-0.2, 0) is 11.2 Å². The zero-order valence-electron chi connectivity index (χ0n) is 11.7. The number of pyridine rings is 1. The maximum absolute atomic E-state index is 12.1. The van der Waals surface area contributed by atoms with Gasteiger partial charge in [-0.15, -0.1) is 0 Å². The Morgan fingerprint density at radius 2 is 2.10 bits per heavy atom. The number of benzene rings is 1. The van der Waals surface area contributed by atoms with Crippen molar-refractivity contribution in [3.8, 4) is 0 Å². The van der Waals surface area contributed by atoms with Gasteiger partial charge in [-0.2, -0.15) is 0 Å². The summed E-state index contributed by atoms with van der Waals surface area (Å²) in [7, 11) is 0. The molecule has 5 nitrogen and oxygen atoms in total. The molecule has 106 valence electrons. The highest BCUT2D eigenvalue weighted by atomic mass is 16.2. The Balaban J connectivity index is 1.83. The lowest BCUT2D eigenvalue weighted by Crippen LogP contribution is -2.25. The molecule has 5 heteroatoms. The van der Waals surface area contributed by atoms with Crippen molar-refractivity contribution in [3.05, 3.63) is 53.9 Å². The molecule has 2 heterocycles. The third kappa shape index (κ3) is 2.63. The minimum Gasteiger partial charge on any atom is -0.321 e. The molecule has 0 fully saturated rings. The lowest BCUT2D eigenvalue weighted by atomic mass is 10.1. The van der Waals surface area contributed by atoms with Gasteiger partial charge in [-0.25, -0.2) is 0 Å². The van der Waals surface area contributed by atoms with E-state index in [2.05, 4.69) is 10.3 Å². The third-order valence-corrected chi connectivity index (χ3v) is 3.52. The molecule has 0 unspecified atom stereocenters. The average Bonchev–Trinajstić information content (AvgIpc) is 2.91. The Hall–Kier alpha value is -2.69. The van der Waals surface area contributed by atoms with Gasteiger partial charge in [0.25, 0.3) is 5.91 Å². The monoisotopic (exact) mass is 281 g/mol. The van der Waals surface area contributed by atoms with Crippen LogP contribution in [0.3, 0.4) is 0 Å². The van der Waals surface area contributed by atoms with Crippen molar-refractivity contribution in [2.75, 3.05) is 16.8 Å². The van der Waals surface area contributed by atoms with Gasteiger partial charge >= 0.3 is 0 Å². The maximum atomic E-state index is 12.1. The van der Waals surface area contributed by atoms with Gasteiger partial charge in [0.15, 0.2) is 0 Å². The molecule has 0 bridgehead atoms. The lowest BCUT2D eigenvalue weighted by Gasteiger charge is -2.15. The number of hydrogen-bond donors (Lipinski definition) is 1. The van der Waals surface area contributed by atoms with E-state index in [9.17, 15) is 9.59 Å². The average molecular weight is 281 g/mol. The first-order chi connectivity index (χ1) is 10.1. The zero-order chi connectivity index (χ0) is 14.8. The Morgan fingerprint density at radius 1 is 1.24 bits per heavy atom. The van der Waals surface area contributed by atoms with Crippen LogP contribution in [-0.4, -0.2) is 23.3 Å². The number of amides is 2. The predicted octanol–water partition coefficient (Wildman–Crippen LogP) is 2.24. The van der Waals surface area contributed by atoms with Crippen LogP contribution in [0, 0.1) is 0 Å². The molecule has 1 aliphatic rings. The normalized spacial score (nSPS) is 12.9. The second-order valence-corrected chi connectivity index (χ2v) is 4.93. The minimum absolute atomic E-state index is 0.0157. The molecule has 1 N–H and O–H groups in total. The molecule has 1 aromatic heterocycles. The number of anilines is 2. The van der Waals surface area contributed by atoms with Gasteiger partial charge in [0.1, 0.15) is 5.69 Å². The number of carbonyl (C=O) groups excluding carboxylic acids is 2. The molecule has 0 spiro atoms. The van der Waals surface area contributed by atoms with Gasteiger partial charge in [0, 0.05) is 31.0 Å². The second-order valence-electron chi connectivity index (χ2n) is 4.93. The van der Waals surface area contributed by atoms with Crippen LogP contribution in [0.25, 0.3) is 0 Å². The van der Waals surface area contributed by atoms with E-state index < -0.39 is 0 Å². The molecular formula is C16H15N3O2. The maximum Gasteiger partial charge on any atom is 0.274 e. The summed E-state index contributed by atoms with van der Waals surface area (Å²) < 4.78 is 0. The predicted molar refractivity (Wildman–Crippen MR) is 80.4 cm³/mol. The molecule has 2 amide bonds. The Kier molecular flexibility index (Phi) is 3.39. The number of carbonyl (C=O) groups is 2. The molecule has 0 saturated carbocycles. The number of nitrogens with one attached hydrogen (secondary N) is 1. The SMILES string of the molecule is CC(=O)N1CCc2ccc(NC(=O)c3ccccn3)cc21. The van der Waals surface area contributed by atoms with Crippen LogP contribution in [0.5, 0.6) is 0 Å². The van der Waals surface area contributed by atoms with Gasteiger partial charge in [0.05, 0.1) is 0 Å². The van der Waals surface area contributed by atoms with Gasteiger partial charge in [0.2, 0.25) is 5.91 Å². The topological polar surface area (TPSA) is 62.3 Å². The zero-order valence-corrected chi connectivity index (χ0v) is 11.7. The van der Waals surface area contributed by atoms with E-state index in [-0.39, 0.29) is 11.8 Å². The first-order valence-corrected chi connectivity index (χ1v) is 6.78. The number of fused-ring (bicyclic) bond motifs is 1. The van der Waals surface area contributed by atoms with Gasteiger partial charge in [-0.05, 0) is 36.2 Å². The van der Waals surface area contributed by atoms with Crippen molar-refractivity contribution in [1.29, 1.82) is 0 Å². The van der Waals surface area contributed by atoms with Crippen molar-refractivity contribution in [2.24, 2.45) is 0 Å². The van der Waals surface area contributed by atoms with Gasteiger partial charge < -0.3 is 10.2 Å². The van der Waals surface area contributed by atoms with E-state index in [0.717, 1.165) is 17.7 Å². The van der Waals surface area contributed by atoms with Crippen LogP contribution in [0.2, 0.25) is 0 Å². The molecule has 0 radical (unpaired) electrons. The molecule has 1 aliphatic heterocycles. The molecule has 0 atom stereocenters. The fourth-order valence-electron chi connectivity index (χ4n) is 2.48. The Labute approximate surface area is 122 Å². The summed E-state index contributed by atoms with van der Waals surface area (Å²) in [6.07, 6.45) is 2.43. The third-order valence-electron chi connectivity index (χ3n) is 3.52. The van der Waals surface area contributed by atoms with Crippen LogP contribution in [0.1, 0.15) is 23.0 Å². The summed E-state index contributed by atoms with van der Waals surface area (Å²) in [5.74, 6) is -0.245. The molecular weight excluding hydrogens is 266 g/mol. The molecule has 1 aromatic carbocycles. The fourth-order valence-corrected chi connectivity index (χ4v) is 2.48. The Bertz CT molecular complexity index is 698. The second kappa shape index (κ2) is 5.36. The first-order valence-electron chi connectivity index (χ1n) is 6.78. The summed E-state index contributed by atoms with van der Waals surface area (Å²) in [4.78, 5) is 29.4. The number of rotatable bonds is 2. The quantitative estimate of drug-likeness (QED) is 0.918. The smallest absolute Gasteiger partial charge is 0.274 e. The highest BCUT2D eigenvalue weighted by molar-refractivity contribution is 6.03. The Morgan fingerprint density at radius 3 is 2.81 bits per heavy atom. The van der Waals surface area contributed by atoms with Crippen LogP contribution < -0.4 is 10.2 Å². The van der Waals surface area contributed by atoms with E-state index in [0.29, 0.717) is 17.9 Å². The van der Waals surface area contributed by atoms with Crippen LogP contribution >= 0.6 is 0 Å². The molecule has 2 aromatic rings. The van der Waals surface area contributed by atoms with Crippen LogP contribution in [0.15, 0.2) is 42.6 Å². The minimum atomic E-state index is -0.261. The van der Waals surface area contributed by atoms with Crippen LogP contribution in [0.4, 0.5) is 11.4 Å². The lowest BCUT2D eigenvalue weighted by molar-refractivity contribution is -0.116. The van der Waals surface area contributed by atoms with E-state index in [4.69, 9.17) is 0 Å². The van der Waals surface area contributed by atoms with E-state index >= 15 is 0 Å². The highest BCUT2D eigenvalue weighted by Crippen LogP contribution is 2.30. The standard InChI is InChI=1S/C16H15N3O2/c1-11(20)19-9-7-12-5-6-13(10-15(12)19)18-16(21)14-4-2-3-8-17-14/h2-6,8,10H,7,9H2,1H3,(H,18,21). The summed E-state index contributed by atoms with van der Waals surface area (Å²) >= 11 is 0. The largest absolute Gasteiger partial charge is 0.321 e. The van der Waals surface area contributed by atoms with Gasteiger partial charge in [-0.1, -0.05) is 12.1 Å². The first kappa shape index (κ1) is 13.3. The van der Waals surface area contributed by atoms with E-state index in [1.165, 1.54) is 0 Å². The van der Waals surface area contributed by atoms with E-state index in [1.807, 2.05) is 18.2 Å². The van der Waals surface area contributed by atoms with Crippen molar-refractivity contribution in [1.82, 2.24) is 4.98 Å². The van der Waals surface area contributed by atoms with Crippen molar-refractivity contribution in [2.45, 2.75) is 13.3 Å². The van der Waals surface area contributed by atoms with Crippen molar-refractivity contribution >= 4 is 23.2 Å². The summed E-state index contributed by atoms with van der Waals surface area (Å²) in [5, 5.41) is 2.81. The fraction of sp³-hybridized carbons (Fsp3) is 0.188. The molecule has 21 heavy (non-hydrogen) atoms. The summed E-state index contributed by atoms with van der Waals surface area (Å²) in [6.45, 7) is 2.25.